The van der Waals surface area contributed by atoms with Crippen LogP contribution in [-0.4, -0.2) is 75.9 Å². The minimum absolute atomic E-state index is 0.0185. The Bertz CT molecular complexity index is 1360. The van der Waals surface area contributed by atoms with E-state index in [2.05, 4.69) is 37.6 Å². The number of carboxylic acids is 1. The Morgan fingerprint density at radius 1 is 1.22 bits per heavy atom. The minimum atomic E-state index is -4.50. The van der Waals surface area contributed by atoms with Crippen LogP contribution in [0, 0.1) is 0 Å². The number of aryl methyl sites for hydroxylation is 2. The van der Waals surface area contributed by atoms with Gasteiger partial charge in [0.25, 0.3) is 0 Å². The predicted octanol–water partition coefficient (Wildman–Crippen LogP) is 4.77. The average Bonchev–Trinajstić information content (AvgIpc) is 2.96. The van der Waals surface area contributed by atoms with E-state index in [-0.39, 0.29) is 30.5 Å². The zero-order chi connectivity index (χ0) is 28.8. The van der Waals surface area contributed by atoms with E-state index in [9.17, 15) is 23.1 Å². The first kappa shape index (κ1) is 29.0. The van der Waals surface area contributed by atoms with Gasteiger partial charge < -0.3 is 25.4 Å². The van der Waals surface area contributed by atoms with Crippen molar-refractivity contribution in [2.75, 3.05) is 43.4 Å². The number of piperidine rings is 1. The first-order chi connectivity index (χ1) is 19.8. The second kappa shape index (κ2) is 13.0. The van der Waals surface area contributed by atoms with Gasteiger partial charge in [0.05, 0.1) is 17.2 Å². The molecule has 9 nitrogen and oxygen atoms in total. The molecule has 0 radical (unpaired) electrons. The SMILES string of the molecule is O=C(O)[C@@H](CCO[C@@H]1CCCN(CCCc2ccc3c(n2)NCCC3)C1)Nc1ncnc2cc(C(F)(F)F)ccc12. The monoisotopic (exact) mass is 572 g/mol. The molecule has 0 spiro atoms. The highest BCUT2D eigenvalue weighted by Crippen LogP contribution is 2.32. The Morgan fingerprint density at radius 2 is 2.10 bits per heavy atom. The minimum Gasteiger partial charge on any atom is -0.480 e. The lowest BCUT2D eigenvalue weighted by Gasteiger charge is -2.32. The maximum atomic E-state index is 13.1. The molecule has 41 heavy (non-hydrogen) atoms. The maximum absolute atomic E-state index is 13.1. The number of hydrogen-bond acceptors (Lipinski definition) is 8. The van der Waals surface area contributed by atoms with Crippen molar-refractivity contribution in [3.8, 4) is 0 Å². The summed E-state index contributed by atoms with van der Waals surface area (Å²) in [6.07, 6.45) is 2.89. The number of anilines is 2. The van der Waals surface area contributed by atoms with E-state index >= 15 is 0 Å². The van der Waals surface area contributed by atoms with Gasteiger partial charge in [-0.15, -0.1) is 0 Å². The molecule has 2 aliphatic heterocycles. The van der Waals surface area contributed by atoms with Crippen molar-refractivity contribution in [1.82, 2.24) is 19.9 Å². The van der Waals surface area contributed by atoms with E-state index < -0.39 is 23.8 Å². The fourth-order valence-corrected chi connectivity index (χ4v) is 5.47. The van der Waals surface area contributed by atoms with Crippen LogP contribution in [0.25, 0.3) is 10.9 Å². The molecule has 0 bridgehead atoms. The van der Waals surface area contributed by atoms with E-state index in [0.717, 1.165) is 94.7 Å². The predicted molar refractivity (Wildman–Crippen MR) is 149 cm³/mol. The number of carboxylic acid groups (broad SMARTS) is 1. The number of likely N-dealkylation sites (tertiary alicyclic amines) is 1. The van der Waals surface area contributed by atoms with Crippen molar-refractivity contribution in [3.63, 3.8) is 0 Å². The fraction of sp³-hybridized carbons (Fsp3) is 0.517. The molecular formula is C29H35F3N6O3. The van der Waals surface area contributed by atoms with Gasteiger partial charge in [0.15, 0.2) is 0 Å². The third-order valence-corrected chi connectivity index (χ3v) is 7.65. The van der Waals surface area contributed by atoms with Gasteiger partial charge in [0, 0.05) is 37.2 Å². The molecule has 2 atom stereocenters. The van der Waals surface area contributed by atoms with E-state index in [4.69, 9.17) is 9.72 Å². The molecule has 1 fully saturated rings. The van der Waals surface area contributed by atoms with Gasteiger partial charge in [-0.25, -0.2) is 19.7 Å². The summed E-state index contributed by atoms with van der Waals surface area (Å²) in [6.45, 7) is 3.96. The second-order valence-electron chi connectivity index (χ2n) is 10.7. The Morgan fingerprint density at radius 3 is 2.93 bits per heavy atom. The van der Waals surface area contributed by atoms with Crippen LogP contribution in [0.2, 0.25) is 0 Å². The molecule has 0 amide bonds. The summed E-state index contributed by atoms with van der Waals surface area (Å²) in [5.41, 5.74) is 1.65. The molecule has 0 aliphatic carbocycles. The van der Waals surface area contributed by atoms with Crippen molar-refractivity contribution in [3.05, 3.63) is 53.5 Å². The third kappa shape index (κ3) is 7.62. The zero-order valence-corrected chi connectivity index (χ0v) is 22.8. The molecular weight excluding hydrogens is 537 g/mol. The first-order valence-electron chi connectivity index (χ1n) is 14.1. The van der Waals surface area contributed by atoms with Crippen LogP contribution in [0.5, 0.6) is 0 Å². The number of pyridine rings is 1. The van der Waals surface area contributed by atoms with Crippen molar-refractivity contribution < 1.29 is 27.8 Å². The van der Waals surface area contributed by atoms with E-state index in [1.165, 1.54) is 11.6 Å². The number of nitrogens with one attached hydrogen (secondary N) is 2. The highest BCUT2D eigenvalue weighted by atomic mass is 19.4. The largest absolute Gasteiger partial charge is 0.480 e. The number of carbonyl (C=O) groups is 1. The van der Waals surface area contributed by atoms with Crippen LogP contribution in [-0.2, 0) is 28.5 Å². The van der Waals surface area contributed by atoms with Crippen LogP contribution in [0.1, 0.15) is 48.9 Å². The van der Waals surface area contributed by atoms with Gasteiger partial charge in [0.1, 0.15) is 24.0 Å². The highest BCUT2D eigenvalue weighted by molar-refractivity contribution is 5.91. The molecule has 3 aromatic rings. The Labute approximate surface area is 236 Å². The molecule has 2 aromatic heterocycles. The topological polar surface area (TPSA) is 112 Å². The van der Waals surface area contributed by atoms with Crippen LogP contribution < -0.4 is 10.6 Å². The number of hydrogen-bond donors (Lipinski definition) is 3. The Kier molecular flexibility index (Phi) is 9.19. The summed E-state index contributed by atoms with van der Waals surface area (Å²) in [4.78, 5) is 27.1. The lowest BCUT2D eigenvalue weighted by molar-refractivity contribution is -0.139. The number of aliphatic carboxylic acids is 1. The summed E-state index contributed by atoms with van der Waals surface area (Å²) in [7, 11) is 0. The number of halogens is 3. The lowest BCUT2D eigenvalue weighted by atomic mass is 10.1. The molecule has 1 aromatic carbocycles. The standard InChI is InChI=1S/C29H35F3N6O3/c30-29(31,32)20-8-10-23-25(16-20)34-18-35-27(23)37-24(28(39)40)11-15-41-22-6-3-14-38(17-22)13-2-5-21-9-7-19-4-1-12-33-26(19)36-21/h7-10,16,18,22,24H,1-6,11-15,17H2,(H,33,36)(H,39,40)(H,34,35,37)/t22-,24-/m1/s1. The highest BCUT2D eigenvalue weighted by Gasteiger charge is 2.31. The molecule has 1 saturated heterocycles. The molecule has 4 heterocycles. The van der Waals surface area contributed by atoms with Crippen LogP contribution in [0.4, 0.5) is 24.8 Å². The molecule has 5 rings (SSSR count). The lowest BCUT2D eigenvalue weighted by Crippen LogP contribution is -2.41. The fourth-order valence-electron chi connectivity index (χ4n) is 5.47. The second-order valence-corrected chi connectivity index (χ2v) is 10.7. The Hall–Kier alpha value is -3.51. The molecule has 2 aliphatic rings. The van der Waals surface area contributed by atoms with E-state index in [1.54, 1.807) is 0 Å². The number of benzene rings is 1. The smallest absolute Gasteiger partial charge is 0.416 e. The molecule has 220 valence electrons. The van der Waals surface area contributed by atoms with Crippen LogP contribution >= 0.6 is 0 Å². The van der Waals surface area contributed by atoms with Crippen LogP contribution in [0.15, 0.2) is 36.7 Å². The quantitative estimate of drug-likeness (QED) is 0.299. The van der Waals surface area contributed by atoms with Crippen molar-refractivity contribution in [1.29, 1.82) is 0 Å². The van der Waals surface area contributed by atoms with Gasteiger partial charge >= 0.3 is 12.1 Å². The molecule has 12 heteroatoms. The molecule has 0 unspecified atom stereocenters. The van der Waals surface area contributed by atoms with Crippen LogP contribution in [0.3, 0.4) is 0 Å². The molecule has 0 saturated carbocycles. The van der Waals surface area contributed by atoms with Gasteiger partial charge in [-0.1, -0.05) is 6.07 Å². The number of nitrogens with zero attached hydrogens (tertiary/aromatic N) is 4. The summed E-state index contributed by atoms with van der Waals surface area (Å²) in [6, 6.07) is 6.41. The first-order valence-corrected chi connectivity index (χ1v) is 14.1. The number of aromatic nitrogens is 3. The average molecular weight is 573 g/mol. The van der Waals surface area contributed by atoms with Gasteiger partial charge in [-0.3, -0.25) is 0 Å². The van der Waals surface area contributed by atoms with Crippen molar-refractivity contribution >= 4 is 28.5 Å². The maximum Gasteiger partial charge on any atom is 0.416 e. The number of ether oxygens (including phenoxy) is 1. The van der Waals surface area contributed by atoms with E-state index in [0.29, 0.717) is 5.39 Å². The number of alkyl halides is 3. The number of fused-ring (bicyclic) bond motifs is 2. The van der Waals surface area contributed by atoms with Gasteiger partial charge in [0.2, 0.25) is 0 Å². The number of rotatable bonds is 11. The normalized spacial score (nSPS) is 18.5. The van der Waals surface area contributed by atoms with Gasteiger partial charge in [-0.2, -0.15) is 13.2 Å². The molecule has 3 N–H and O–H groups in total. The van der Waals surface area contributed by atoms with Crippen molar-refractivity contribution in [2.24, 2.45) is 0 Å². The summed E-state index contributed by atoms with van der Waals surface area (Å²) in [5.74, 6) is 0.102. The summed E-state index contributed by atoms with van der Waals surface area (Å²) in [5, 5.41) is 16.3. The zero-order valence-electron chi connectivity index (χ0n) is 22.8. The summed E-state index contributed by atoms with van der Waals surface area (Å²) >= 11 is 0. The summed E-state index contributed by atoms with van der Waals surface area (Å²) < 4.78 is 45.3. The van der Waals surface area contributed by atoms with E-state index in [1.807, 2.05) is 0 Å². The third-order valence-electron chi connectivity index (χ3n) is 7.65. The van der Waals surface area contributed by atoms with Gasteiger partial charge in [-0.05, 0) is 81.4 Å². The Balaban J connectivity index is 1.09. The van der Waals surface area contributed by atoms with Crippen molar-refractivity contribution in [2.45, 2.75) is 63.3 Å².